The van der Waals surface area contributed by atoms with Crippen LogP contribution in [-0.2, 0) is 17.3 Å². The first kappa shape index (κ1) is 13.7. The summed E-state index contributed by atoms with van der Waals surface area (Å²) in [6.45, 7) is 2.36. The molecule has 0 spiro atoms. The van der Waals surface area contributed by atoms with Crippen molar-refractivity contribution in [2.45, 2.75) is 13.5 Å². The Labute approximate surface area is 120 Å². The molecule has 2 aromatic rings. The topological polar surface area (TPSA) is 60.9 Å². The Balaban J connectivity index is 2.40. The number of aromatic nitrogens is 2. The first-order valence-corrected chi connectivity index (χ1v) is 8.05. The minimum atomic E-state index is -0.872. The molecule has 0 saturated carbocycles. The second-order valence-corrected chi connectivity index (χ2v) is 6.84. The average Bonchev–Trinajstić information content (AvgIpc) is 2.62. The molecule has 1 heterocycles. The second-order valence-electron chi connectivity index (χ2n) is 3.81. The fourth-order valence-corrected chi connectivity index (χ4v) is 2.84. The Kier molecular flexibility index (Phi) is 4.21. The Morgan fingerprint density at radius 2 is 2.28 bits per heavy atom. The van der Waals surface area contributed by atoms with E-state index in [-0.39, 0.29) is 5.82 Å². The number of imidazole rings is 1. The van der Waals surface area contributed by atoms with Gasteiger partial charge in [-0.15, -0.1) is 0 Å². The lowest BCUT2D eigenvalue weighted by Gasteiger charge is -2.06. The van der Waals surface area contributed by atoms with E-state index in [0.29, 0.717) is 38.6 Å². The van der Waals surface area contributed by atoms with Crippen LogP contribution in [0.2, 0.25) is 0 Å². The Hall–Kier alpha value is -0.700. The van der Waals surface area contributed by atoms with Gasteiger partial charge in [0.05, 0.1) is 14.6 Å². The summed E-state index contributed by atoms with van der Waals surface area (Å²) in [6.07, 6.45) is 0. The number of benzene rings is 1. The highest BCUT2D eigenvalue weighted by atomic mass is 127. The summed E-state index contributed by atoms with van der Waals surface area (Å²) in [5.41, 5.74) is 7.13. The minimum absolute atomic E-state index is 0.291. The van der Waals surface area contributed by atoms with Gasteiger partial charge in [-0.2, -0.15) is 0 Å². The SMILES string of the molecule is CCS(=O)CCn1c(N)nc2cc(I)c(F)cc21. The quantitative estimate of drug-likeness (QED) is 0.826. The van der Waals surface area contributed by atoms with Crippen molar-refractivity contribution < 1.29 is 8.60 Å². The average molecular weight is 381 g/mol. The highest BCUT2D eigenvalue weighted by Crippen LogP contribution is 2.22. The first-order chi connectivity index (χ1) is 8.52. The third-order valence-electron chi connectivity index (χ3n) is 2.68. The van der Waals surface area contributed by atoms with E-state index in [1.54, 1.807) is 10.6 Å². The summed E-state index contributed by atoms with van der Waals surface area (Å²) in [5.74, 6) is 1.15. The lowest BCUT2D eigenvalue weighted by atomic mass is 10.3. The van der Waals surface area contributed by atoms with Crippen molar-refractivity contribution in [3.05, 3.63) is 21.5 Å². The number of hydrogen-bond donors (Lipinski definition) is 1. The molecule has 0 radical (unpaired) electrons. The molecule has 0 bridgehead atoms. The number of rotatable bonds is 4. The number of hydrogen-bond acceptors (Lipinski definition) is 3. The van der Waals surface area contributed by atoms with Crippen LogP contribution in [0.4, 0.5) is 10.3 Å². The van der Waals surface area contributed by atoms with Crippen molar-refractivity contribution in [1.82, 2.24) is 9.55 Å². The maximum Gasteiger partial charge on any atom is 0.201 e. The Bertz CT molecular complexity index is 614. The predicted octanol–water partition coefficient (Wildman–Crippen LogP) is 2.13. The van der Waals surface area contributed by atoms with Gasteiger partial charge in [-0.25, -0.2) is 9.37 Å². The van der Waals surface area contributed by atoms with Gasteiger partial charge in [-0.05, 0) is 28.7 Å². The van der Waals surface area contributed by atoms with Crippen LogP contribution < -0.4 is 5.73 Å². The fourth-order valence-electron chi connectivity index (χ4n) is 1.71. The standard InChI is InChI=1S/C11H13FIN3OS/c1-2-18(17)4-3-16-10-5-7(12)8(13)6-9(10)15-11(16)14/h5-6H,2-4H2,1H3,(H2,14,15). The number of nitrogens with two attached hydrogens (primary N) is 1. The molecule has 2 N–H and O–H groups in total. The largest absolute Gasteiger partial charge is 0.369 e. The smallest absolute Gasteiger partial charge is 0.201 e. The van der Waals surface area contributed by atoms with Crippen molar-refractivity contribution in [3.63, 3.8) is 0 Å². The van der Waals surface area contributed by atoms with E-state index in [1.165, 1.54) is 6.07 Å². The van der Waals surface area contributed by atoms with E-state index in [1.807, 2.05) is 29.5 Å². The Morgan fingerprint density at radius 1 is 1.56 bits per heavy atom. The number of aryl methyl sites for hydroxylation is 1. The predicted molar refractivity (Wildman–Crippen MR) is 80.4 cm³/mol. The molecule has 18 heavy (non-hydrogen) atoms. The van der Waals surface area contributed by atoms with Gasteiger partial charge in [0.1, 0.15) is 5.82 Å². The van der Waals surface area contributed by atoms with Gasteiger partial charge >= 0.3 is 0 Å². The maximum atomic E-state index is 13.6. The van der Waals surface area contributed by atoms with Gasteiger partial charge < -0.3 is 10.3 Å². The normalized spacial score (nSPS) is 13.1. The summed E-state index contributed by atoms with van der Waals surface area (Å²) >= 11 is 1.92. The van der Waals surface area contributed by atoms with Crippen LogP contribution in [0.5, 0.6) is 0 Å². The lowest BCUT2D eigenvalue weighted by molar-refractivity contribution is 0.621. The summed E-state index contributed by atoms with van der Waals surface area (Å²) in [4.78, 5) is 4.19. The minimum Gasteiger partial charge on any atom is -0.369 e. The van der Waals surface area contributed by atoms with E-state index >= 15 is 0 Å². The third kappa shape index (κ3) is 2.66. The van der Waals surface area contributed by atoms with Crippen molar-refractivity contribution >= 4 is 50.4 Å². The van der Waals surface area contributed by atoms with Gasteiger partial charge in [-0.3, -0.25) is 4.21 Å². The van der Waals surface area contributed by atoms with E-state index in [4.69, 9.17) is 5.73 Å². The van der Waals surface area contributed by atoms with Crippen molar-refractivity contribution in [2.75, 3.05) is 17.2 Å². The number of fused-ring (bicyclic) bond motifs is 1. The van der Waals surface area contributed by atoms with Gasteiger partial charge in [0, 0.05) is 34.9 Å². The van der Waals surface area contributed by atoms with Gasteiger partial charge in [-0.1, -0.05) is 6.92 Å². The zero-order chi connectivity index (χ0) is 13.3. The molecule has 1 atom stereocenters. The summed E-state index contributed by atoms with van der Waals surface area (Å²) in [7, 11) is -0.872. The van der Waals surface area contributed by atoms with Crippen LogP contribution in [0, 0.1) is 9.39 Å². The fraction of sp³-hybridized carbons (Fsp3) is 0.364. The molecule has 4 nitrogen and oxygen atoms in total. The summed E-state index contributed by atoms with van der Waals surface area (Å²) < 4.78 is 27.2. The molecule has 0 aliphatic heterocycles. The van der Waals surface area contributed by atoms with Crippen LogP contribution in [-0.4, -0.2) is 25.3 Å². The van der Waals surface area contributed by atoms with Crippen molar-refractivity contribution in [3.8, 4) is 0 Å². The first-order valence-electron chi connectivity index (χ1n) is 5.48. The van der Waals surface area contributed by atoms with Crippen LogP contribution >= 0.6 is 22.6 Å². The van der Waals surface area contributed by atoms with Crippen LogP contribution in [0.15, 0.2) is 12.1 Å². The monoisotopic (exact) mass is 381 g/mol. The maximum absolute atomic E-state index is 13.6. The molecule has 1 aromatic carbocycles. The van der Waals surface area contributed by atoms with Crippen LogP contribution in [0.1, 0.15) is 6.92 Å². The zero-order valence-electron chi connectivity index (χ0n) is 9.82. The molecular formula is C11H13FIN3OS. The highest BCUT2D eigenvalue weighted by Gasteiger charge is 2.12. The molecular weight excluding hydrogens is 368 g/mol. The molecule has 0 fully saturated rings. The van der Waals surface area contributed by atoms with Crippen molar-refractivity contribution in [1.29, 1.82) is 0 Å². The van der Waals surface area contributed by atoms with Gasteiger partial charge in [0.15, 0.2) is 0 Å². The summed E-state index contributed by atoms with van der Waals surface area (Å²) in [5, 5.41) is 0. The van der Waals surface area contributed by atoms with E-state index in [0.717, 1.165) is 0 Å². The van der Waals surface area contributed by atoms with E-state index in [9.17, 15) is 8.60 Å². The number of anilines is 1. The van der Waals surface area contributed by atoms with Crippen LogP contribution in [0.25, 0.3) is 11.0 Å². The Morgan fingerprint density at radius 3 is 2.94 bits per heavy atom. The van der Waals surface area contributed by atoms with Gasteiger partial charge in [0.2, 0.25) is 5.95 Å². The number of nitrogen functional groups attached to an aromatic ring is 1. The molecule has 0 saturated heterocycles. The molecule has 1 unspecified atom stereocenters. The van der Waals surface area contributed by atoms with E-state index in [2.05, 4.69) is 4.98 Å². The highest BCUT2D eigenvalue weighted by molar-refractivity contribution is 14.1. The second kappa shape index (κ2) is 5.52. The zero-order valence-corrected chi connectivity index (χ0v) is 12.8. The molecule has 0 amide bonds. The number of halogens is 2. The van der Waals surface area contributed by atoms with Crippen molar-refractivity contribution in [2.24, 2.45) is 0 Å². The number of nitrogens with zero attached hydrogens (tertiary/aromatic N) is 2. The third-order valence-corrected chi connectivity index (χ3v) is 4.79. The van der Waals surface area contributed by atoms with Gasteiger partial charge in [0.25, 0.3) is 0 Å². The molecule has 1 aromatic heterocycles. The molecule has 0 aliphatic rings. The summed E-state index contributed by atoms with van der Waals surface area (Å²) in [6, 6.07) is 3.09. The van der Waals surface area contributed by atoms with E-state index < -0.39 is 10.8 Å². The lowest BCUT2D eigenvalue weighted by Crippen LogP contribution is -2.11. The molecule has 2 rings (SSSR count). The molecule has 0 aliphatic carbocycles. The molecule has 98 valence electrons. The molecule has 7 heteroatoms. The van der Waals surface area contributed by atoms with Crippen LogP contribution in [0.3, 0.4) is 0 Å².